The van der Waals surface area contributed by atoms with Gasteiger partial charge in [0.1, 0.15) is 5.82 Å². The maximum Gasteiger partial charge on any atom is 0.257 e. The molecule has 0 atom stereocenters. The van der Waals surface area contributed by atoms with Crippen LogP contribution in [0.3, 0.4) is 0 Å². The van der Waals surface area contributed by atoms with Gasteiger partial charge in [0.2, 0.25) is 5.91 Å². The maximum atomic E-state index is 13.5. The zero-order valence-corrected chi connectivity index (χ0v) is 19.6. The second-order valence-corrected chi connectivity index (χ2v) is 8.21. The smallest absolute Gasteiger partial charge is 0.257 e. The van der Waals surface area contributed by atoms with E-state index in [1.165, 1.54) is 60.6 Å². The molecule has 0 unspecified atom stereocenters. The van der Waals surface area contributed by atoms with Gasteiger partial charge in [-0.15, -0.1) is 4.80 Å². The zero-order valence-electron chi connectivity index (χ0n) is 17.3. The Morgan fingerprint density at radius 1 is 0.912 bits per heavy atom. The Balaban J connectivity index is 1.68. The van der Waals surface area contributed by atoms with Crippen molar-refractivity contribution in [1.29, 1.82) is 0 Å². The van der Waals surface area contributed by atoms with Crippen LogP contribution in [0.15, 0.2) is 55.0 Å². The molecular weight excluding hydrogens is 506 g/mol. The van der Waals surface area contributed by atoms with Crippen LogP contribution < -0.4 is 10.6 Å². The lowest BCUT2D eigenvalue weighted by molar-refractivity contribution is -0.114. The van der Waals surface area contributed by atoms with Crippen molar-refractivity contribution in [3.63, 3.8) is 0 Å². The molecule has 0 spiro atoms. The Morgan fingerprint density at radius 2 is 1.65 bits per heavy atom. The highest BCUT2D eigenvalue weighted by Gasteiger charge is 2.19. The minimum absolute atomic E-state index is 0.0707. The number of amides is 2. The fourth-order valence-electron chi connectivity index (χ4n) is 3.14. The second-order valence-electron chi connectivity index (χ2n) is 6.99. The average molecular weight is 520 g/mol. The molecule has 2 aromatic carbocycles. The highest BCUT2D eigenvalue weighted by atomic mass is 35.5. The molecule has 0 bridgehead atoms. The molecule has 4 rings (SSSR count). The van der Waals surface area contributed by atoms with E-state index in [9.17, 15) is 14.0 Å². The molecule has 0 saturated carbocycles. The topological polar surface area (TPSA) is 102 Å². The number of carbonyl (C=O) groups is 2. The molecule has 8 nitrogen and oxygen atoms in total. The summed E-state index contributed by atoms with van der Waals surface area (Å²) in [5, 5.41) is 13.7. The molecule has 0 aliphatic carbocycles. The molecule has 0 saturated heterocycles. The first-order chi connectivity index (χ1) is 16.2. The van der Waals surface area contributed by atoms with E-state index >= 15 is 0 Å². The fourth-order valence-corrected chi connectivity index (χ4v) is 3.90. The van der Waals surface area contributed by atoms with Gasteiger partial charge in [0.25, 0.3) is 5.91 Å². The van der Waals surface area contributed by atoms with Crippen LogP contribution in [0, 0.1) is 5.82 Å². The average Bonchev–Trinajstić information content (AvgIpc) is 3.29. The summed E-state index contributed by atoms with van der Waals surface area (Å²) in [4.78, 5) is 30.2. The van der Waals surface area contributed by atoms with Gasteiger partial charge < -0.3 is 10.6 Å². The molecule has 0 radical (unpaired) electrons. The fraction of sp³-hybridized carbons (Fsp3) is 0.0455. The molecule has 2 N–H and O–H groups in total. The summed E-state index contributed by atoms with van der Waals surface area (Å²) in [5.41, 5.74) is 1.49. The van der Waals surface area contributed by atoms with E-state index in [0.717, 1.165) is 6.07 Å². The van der Waals surface area contributed by atoms with E-state index in [2.05, 4.69) is 25.8 Å². The van der Waals surface area contributed by atoms with E-state index < -0.39 is 11.7 Å². The van der Waals surface area contributed by atoms with Crippen molar-refractivity contribution in [2.24, 2.45) is 0 Å². The predicted octanol–water partition coefficient (Wildman–Crippen LogP) is 5.64. The number of aromatic nitrogens is 4. The van der Waals surface area contributed by atoms with Gasteiger partial charge in [0.15, 0.2) is 5.82 Å². The predicted molar refractivity (Wildman–Crippen MR) is 128 cm³/mol. The maximum absolute atomic E-state index is 13.5. The third kappa shape index (κ3) is 5.01. The number of halogens is 4. The highest BCUT2D eigenvalue weighted by molar-refractivity contribution is 6.36. The standard InChI is InChI=1S/C22H14Cl3FN6O2/c1-11(33)30-20-9-16(18(24)8-15(20)14-3-2-12(26)6-17(14)23)22(34)31-13-7-19(25)21(27-10-13)32-28-4-5-29-32/h2-10H,1H3,(H,30,33)(H,31,34). The quantitative estimate of drug-likeness (QED) is 0.355. The first-order valence-electron chi connectivity index (χ1n) is 9.63. The van der Waals surface area contributed by atoms with Crippen LogP contribution in [-0.4, -0.2) is 31.8 Å². The van der Waals surface area contributed by atoms with Crippen LogP contribution in [0.4, 0.5) is 15.8 Å². The monoisotopic (exact) mass is 518 g/mol. The summed E-state index contributed by atoms with van der Waals surface area (Å²) in [6.45, 7) is 1.31. The van der Waals surface area contributed by atoms with Crippen LogP contribution in [-0.2, 0) is 4.79 Å². The Morgan fingerprint density at radius 3 is 2.29 bits per heavy atom. The number of carbonyl (C=O) groups excluding carboxylic acids is 2. The third-order valence-corrected chi connectivity index (χ3v) is 5.48. The summed E-state index contributed by atoms with van der Waals surface area (Å²) in [7, 11) is 0. The SMILES string of the molecule is CC(=O)Nc1cc(C(=O)Nc2cnc(-n3nccn3)c(Cl)c2)c(Cl)cc1-c1ccc(F)cc1Cl. The summed E-state index contributed by atoms with van der Waals surface area (Å²) >= 11 is 18.8. The first kappa shape index (κ1) is 23.6. The van der Waals surface area contributed by atoms with Crippen molar-refractivity contribution in [3.05, 3.63) is 81.4 Å². The molecule has 2 amide bonds. The van der Waals surface area contributed by atoms with E-state index in [-0.39, 0.29) is 38.0 Å². The van der Waals surface area contributed by atoms with Crippen molar-refractivity contribution in [1.82, 2.24) is 20.0 Å². The number of rotatable bonds is 5. The summed E-state index contributed by atoms with van der Waals surface area (Å²) in [6, 6.07) is 8.19. The minimum atomic E-state index is -0.573. The van der Waals surface area contributed by atoms with Crippen molar-refractivity contribution in [3.8, 4) is 16.9 Å². The van der Waals surface area contributed by atoms with Crippen molar-refractivity contribution in [2.75, 3.05) is 10.6 Å². The zero-order chi connectivity index (χ0) is 24.4. The number of anilines is 2. The van der Waals surface area contributed by atoms with Crippen LogP contribution in [0.25, 0.3) is 16.9 Å². The highest BCUT2D eigenvalue weighted by Crippen LogP contribution is 2.37. The molecule has 4 aromatic rings. The summed E-state index contributed by atoms with van der Waals surface area (Å²) < 4.78 is 13.5. The van der Waals surface area contributed by atoms with E-state index in [1.807, 2.05) is 0 Å². The molecule has 2 aromatic heterocycles. The number of nitrogens with one attached hydrogen (secondary N) is 2. The van der Waals surface area contributed by atoms with E-state index in [0.29, 0.717) is 16.8 Å². The summed E-state index contributed by atoms with van der Waals surface area (Å²) in [6.07, 6.45) is 4.34. The molecule has 172 valence electrons. The molecule has 0 aliphatic rings. The normalized spacial score (nSPS) is 10.7. The van der Waals surface area contributed by atoms with Crippen molar-refractivity contribution >= 4 is 58.0 Å². The van der Waals surface area contributed by atoms with Crippen LogP contribution in [0.1, 0.15) is 17.3 Å². The largest absolute Gasteiger partial charge is 0.326 e. The van der Waals surface area contributed by atoms with Gasteiger partial charge in [-0.1, -0.05) is 34.8 Å². The van der Waals surface area contributed by atoms with Gasteiger partial charge in [-0.2, -0.15) is 10.2 Å². The van der Waals surface area contributed by atoms with Crippen LogP contribution in [0.2, 0.25) is 15.1 Å². The first-order valence-corrected chi connectivity index (χ1v) is 10.8. The molecule has 12 heteroatoms. The van der Waals surface area contributed by atoms with Gasteiger partial charge >= 0.3 is 0 Å². The lowest BCUT2D eigenvalue weighted by atomic mass is 10.0. The Hall–Kier alpha value is -3.53. The van der Waals surface area contributed by atoms with Gasteiger partial charge in [-0.25, -0.2) is 9.37 Å². The second kappa shape index (κ2) is 9.76. The lowest BCUT2D eigenvalue weighted by Gasteiger charge is -2.15. The lowest BCUT2D eigenvalue weighted by Crippen LogP contribution is -2.15. The van der Waals surface area contributed by atoms with Gasteiger partial charge in [0.05, 0.1) is 44.9 Å². The summed E-state index contributed by atoms with van der Waals surface area (Å²) in [5.74, 6) is -1.18. The Labute approximate surface area is 207 Å². The van der Waals surface area contributed by atoms with Crippen LogP contribution >= 0.6 is 34.8 Å². The van der Waals surface area contributed by atoms with Crippen molar-refractivity contribution < 1.29 is 14.0 Å². The van der Waals surface area contributed by atoms with Crippen LogP contribution in [0.5, 0.6) is 0 Å². The Bertz CT molecular complexity index is 1410. The molecule has 2 heterocycles. The van der Waals surface area contributed by atoms with E-state index in [1.54, 1.807) is 0 Å². The molecule has 0 aliphatic heterocycles. The number of hydrogen-bond donors (Lipinski definition) is 2. The number of pyridine rings is 1. The minimum Gasteiger partial charge on any atom is -0.326 e. The number of nitrogens with zero attached hydrogens (tertiary/aromatic N) is 4. The Kier molecular flexibility index (Phi) is 6.78. The van der Waals surface area contributed by atoms with E-state index in [4.69, 9.17) is 34.8 Å². The molecule has 34 heavy (non-hydrogen) atoms. The molecule has 0 fully saturated rings. The molecular formula is C22H14Cl3FN6O2. The third-order valence-electron chi connectivity index (χ3n) is 4.57. The van der Waals surface area contributed by atoms with Gasteiger partial charge in [-0.05, 0) is 36.4 Å². The van der Waals surface area contributed by atoms with Gasteiger partial charge in [0, 0.05) is 23.7 Å². The van der Waals surface area contributed by atoms with Gasteiger partial charge in [-0.3, -0.25) is 9.59 Å². The van der Waals surface area contributed by atoms with Crippen molar-refractivity contribution in [2.45, 2.75) is 6.92 Å². The number of hydrogen-bond acceptors (Lipinski definition) is 5. The number of benzene rings is 2.